The van der Waals surface area contributed by atoms with Gasteiger partial charge in [0.15, 0.2) is 0 Å². The van der Waals surface area contributed by atoms with Gasteiger partial charge in [-0.15, -0.1) is 0 Å². The number of aryl methyl sites for hydroxylation is 1. The Labute approximate surface area is 124 Å². The summed E-state index contributed by atoms with van der Waals surface area (Å²) in [7, 11) is 0. The SMILES string of the molecule is Cc1ccn2cc(CNC(=O)C[C@@H]3CCC[C@H]3N)nc2c1. The fraction of sp³-hybridized carbons (Fsp3) is 0.500. The van der Waals surface area contributed by atoms with Crippen molar-refractivity contribution >= 4 is 11.6 Å². The number of rotatable bonds is 4. The van der Waals surface area contributed by atoms with Crippen molar-refractivity contribution < 1.29 is 4.79 Å². The van der Waals surface area contributed by atoms with Gasteiger partial charge in [0.05, 0.1) is 12.2 Å². The van der Waals surface area contributed by atoms with Crippen molar-refractivity contribution in [1.29, 1.82) is 0 Å². The summed E-state index contributed by atoms with van der Waals surface area (Å²) in [5, 5.41) is 2.95. The number of pyridine rings is 1. The lowest BCUT2D eigenvalue weighted by Gasteiger charge is -2.14. The Kier molecular flexibility index (Phi) is 3.92. The van der Waals surface area contributed by atoms with Crippen LogP contribution >= 0.6 is 0 Å². The van der Waals surface area contributed by atoms with Crippen LogP contribution in [0.3, 0.4) is 0 Å². The number of aromatic nitrogens is 2. The third-order valence-corrected chi connectivity index (χ3v) is 4.30. The molecule has 1 aliphatic carbocycles. The fourth-order valence-corrected chi connectivity index (χ4v) is 3.04. The van der Waals surface area contributed by atoms with Gasteiger partial charge >= 0.3 is 0 Å². The molecule has 2 aromatic rings. The summed E-state index contributed by atoms with van der Waals surface area (Å²) in [5.74, 6) is 0.416. The van der Waals surface area contributed by atoms with Gasteiger partial charge in [0.1, 0.15) is 5.65 Å². The third-order valence-electron chi connectivity index (χ3n) is 4.30. The number of hydrogen-bond acceptors (Lipinski definition) is 3. The Morgan fingerprint density at radius 2 is 2.38 bits per heavy atom. The van der Waals surface area contributed by atoms with E-state index in [1.165, 1.54) is 5.56 Å². The maximum absolute atomic E-state index is 12.0. The van der Waals surface area contributed by atoms with Crippen molar-refractivity contribution in [2.75, 3.05) is 0 Å². The lowest BCUT2D eigenvalue weighted by Crippen LogP contribution is -2.31. The molecule has 0 unspecified atom stereocenters. The summed E-state index contributed by atoms with van der Waals surface area (Å²) >= 11 is 0. The van der Waals surface area contributed by atoms with E-state index < -0.39 is 0 Å². The number of nitrogens with two attached hydrogens (primary N) is 1. The zero-order valence-electron chi connectivity index (χ0n) is 12.4. The first kappa shape index (κ1) is 14.1. The largest absolute Gasteiger partial charge is 0.350 e. The smallest absolute Gasteiger partial charge is 0.220 e. The van der Waals surface area contributed by atoms with Gasteiger partial charge in [-0.3, -0.25) is 4.79 Å². The maximum Gasteiger partial charge on any atom is 0.220 e. The molecule has 5 nitrogen and oxygen atoms in total. The van der Waals surface area contributed by atoms with E-state index in [1.807, 2.05) is 35.9 Å². The molecule has 0 aromatic carbocycles. The standard InChI is InChI=1S/C16H22N4O/c1-11-5-6-20-10-13(19-15(20)7-11)9-18-16(21)8-12-3-2-4-14(12)17/h5-7,10,12,14H,2-4,8-9,17H2,1H3,(H,18,21)/t12-,14+/m0/s1. The number of carbonyl (C=O) groups excluding carboxylic acids is 1. The Hall–Kier alpha value is -1.88. The van der Waals surface area contributed by atoms with Gasteiger partial charge < -0.3 is 15.5 Å². The van der Waals surface area contributed by atoms with Gasteiger partial charge in [-0.1, -0.05) is 6.42 Å². The highest BCUT2D eigenvalue weighted by atomic mass is 16.1. The Balaban J connectivity index is 1.57. The summed E-state index contributed by atoms with van der Waals surface area (Å²) in [6.07, 6.45) is 7.74. The van der Waals surface area contributed by atoms with Crippen molar-refractivity contribution in [2.24, 2.45) is 11.7 Å². The van der Waals surface area contributed by atoms with Crippen LogP contribution in [0.25, 0.3) is 5.65 Å². The molecule has 2 atom stereocenters. The van der Waals surface area contributed by atoms with E-state index in [-0.39, 0.29) is 11.9 Å². The molecule has 0 aliphatic heterocycles. The highest BCUT2D eigenvalue weighted by Crippen LogP contribution is 2.26. The van der Waals surface area contributed by atoms with Crippen LogP contribution < -0.4 is 11.1 Å². The highest BCUT2D eigenvalue weighted by Gasteiger charge is 2.25. The molecule has 1 saturated carbocycles. The summed E-state index contributed by atoms with van der Waals surface area (Å²) in [5.41, 5.74) is 8.98. The lowest BCUT2D eigenvalue weighted by molar-refractivity contribution is -0.122. The number of hydrogen-bond donors (Lipinski definition) is 2. The Bertz CT molecular complexity index is 649. The van der Waals surface area contributed by atoms with Gasteiger partial charge in [-0.25, -0.2) is 4.98 Å². The number of fused-ring (bicyclic) bond motifs is 1. The van der Waals surface area contributed by atoms with Crippen molar-refractivity contribution in [2.45, 2.75) is 45.2 Å². The van der Waals surface area contributed by atoms with Gasteiger partial charge in [0.25, 0.3) is 0 Å². The molecule has 3 N–H and O–H groups in total. The molecule has 3 rings (SSSR count). The minimum atomic E-state index is 0.0746. The molecule has 2 heterocycles. The molecule has 1 fully saturated rings. The number of nitrogens with zero attached hydrogens (tertiary/aromatic N) is 2. The first-order valence-corrected chi connectivity index (χ1v) is 7.58. The molecule has 1 aliphatic rings. The molecule has 1 amide bonds. The van der Waals surface area contributed by atoms with E-state index in [9.17, 15) is 4.79 Å². The molecule has 2 aromatic heterocycles. The number of carbonyl (C=O) groups is 1. The van der Waals surface area contributed by atoms with E-state index in [4.69, 9.17) is 5.73 Å². The van der Waals surface area contributed by atoms with Crippen molar-refractivity contribution in [3.63, 3.8) is 0 Å². The summed E-state index contributed by atoms with van der Waals surface area (Å²) in [6, 6.07) is 4.26. The summed E-state index contributed by atoms with van der Waals surface area (Å²) in [6.45, 7) is 2.52. The molecule has 0 radical (unpaired) electrons. The van der Waals surface area contributed by atoms with E-state index in [2.05, 4.69) is 10.3 Å². The fourth-order valence-electron chi connectivity index (χ4n) is 3.04. The van der Waals surface area contributed by atoms with E-state index in [0.717, 1.165) is 30.6 Å². The summed E-state index contributed by atoms with van der Waals surface area (Å²) in [4.78, 5) is 16.5. The third kappa shape index (κ3) is 3.24. The van der Waals surface area contributed by atoms with Gasteiger partial charge in [-0.05, 0) is 43.4 Å². The molecule has 21 heavy (non-hydrogen) atoms. The molecule has 112 valence electrons. The van der Waals surface area contributed by atoms with Gasteiger partial charge in [0, 0.05) is 24.9 Å². The summed E-state index contributed by atoms with van der Waals surface area (Å²) < 4.78 is 1.97. The normalized spacial score (nSPS) is 21.8. The highest BCUT2D eigenvalue weighted by molar-refractivity contribution is 5.76. The second-order valence-corrected chi connectivity index (χ2v) is 6.04. The molecule has 0 saturated heterocycles. The quantitative estimate of drug-likeness (QED) is 0.900. The van der Waals surface area contributed by atoms with Gasteiger partial charge in [0.2, 0.25) is 5.91 Å². The predicted octanol–water partition coefficient (Wildman–Crippen LogP) is 1.78. The minimum Gasteiger partial charge on any atom is -0.350 e. The average Bonchev–Trinajstić information content (AvgIpc) is 3.02. The van der Waals surface area contributed by atoms with Crippen LogP contribution in [0.15, 0.2) is 24.5 Å². The second kappa shape index (κ2) is 5.85. The number of nitrogens with one attached hydrogen (secondary N) is 1. The monoisotopic (exact) mass is 286 g/mol. The van der Waals surface area contributed by atoms with Crippen LogP contribution in [0.5, 0.6) is 0 Å². The first-order valence-electron chi connectivity index (χ1n) is 7.58. The van der Waals surface area contributed by atoms with Crippen LogP contribution in [-0.4, -0.2) is 21.3 Å². The van der Waals surface area contributed by atoms with Crippen LogP contribution in [0, 0.1) is 12.8 Å². The molecule has 0 bridgehead atoms. The van der Waals surface area contributed by atoms with E-state index >= 15 is 0 Å². The van der Waals surface area contributed by atoms with Crippen LogP contribution in [0.1, 0.15) is 36.9 Å². The maximum atomic E-state index is 12.0. The first-order chi connectivity index (χ1) is 10.1. The average molecular weight is 286 g/mol. The molecular formula is C16H22N4O. The zero-order valence-corrected chi connectivity index (χ0v) is 12.4. The predicted molar refractivity (Wildman–Crippen MR) is 81.7 cm³/mol. The van der Waals surface area contributed by atoms with Crippen LogP contribution in [0.2, 0.25) is 0 Å². The molecule has 5 heteroatoms. The topological polar surface area (TPSA) is 72.4 Å². The zero-order chi connectivity index (χ0) is 14.8. The second-order valence-electron chi connectivity index (χ2n) is 6.04. The van der Waals surface area contributed by atoms with E-state index in [0.29, 0.717) is 18.9 Å². The number of amides is 1. The van der Waals surface area contributed by atoms with Crippen molar-refractivity contribution in [3.8, 4) is 0 Å². The van der Waals surface area contributed by atoms with Crippen molar-refractivity contribution in [3.05, 3.63) is 35.8 Å². The Morgan fingerprint density at radius 3 is 3.14 bits per heavy atom. The molecule has 0 spiro atoms. The van der Waals surface area contributed by atoms with Crippen LogP contribution in [0.4, 0.5) is 0 Å². The minimum absolute atomic E-state index is 0.0746. The lowest BCUT2D eigenvalue weighted by atomic mass is 10.00. The van der Waals surface area contributed by atoms with Gasteiger partial charge in [-0.2, -0.15) is 0 Å². The number of imidazole rings is 1. The molecular weight excluding hydrogens is 264 g/mol. The van der Waals surface area contributed by atoms with Crippen LogP contribution in [-0.2, 0) is 11.3 Å². The van der Waals surface area contributed by atoms with Crippen molar-refractivity contribution in [1.82, 2.24) is 14.7 Å². The van der Waals surface area contributed by atoms with E-state index in [1.54, 1.807) is 0 Å². The Morgan fingerprint density at radius 1 is 1.52 bits per heavy atom.